The zero-order valence-corrected chi connectivity index (χ0v) is 16.5. The minimum Gasteiger partial charge on any atom is -0.358 e. The summed E-state index contributed by atoms with van der Waals surface area (Å²) >= 11 is 0. The lowest BCUT2D eigenvalue weighted by Crippen LogP contribution is -2.30. The third-order valence-corrected chi connectivity index (χ3v) is 6.36. The SMILES string of the molecule is C=C1C2=C(NC3=C(C(=O)CCC3)C2c2ccc(C(C)C)cc2)c2ccccc21. The van der Waals surface area contributed by atoms with Gasteiger partial charge in [-0.3, -0.25) is 4.79 Å². The van der Waals surface area contributed by atoms with Gasteiger partial charge in [0.25, 0.3) is 0 Å². The van der Waals surface area contributed by atoms with Gasteiger partial charge in [0.05, 0.1) is 5.70 Å². The van der Waals surface area contributed by atoms with Gasteiger partial charge in [-0.05, 0) is 46.6 Å². The second kappa shape index (κ2) is 6.34. The molecule has 1 unspecified atom stereocenters. The summed E-state index contributed by atoms with van der Waals surface area (Å²) in [5, 5.41) is 3.64. The lowest BCUT2D eigenvalue weighted by molar-refractivity contribution is -0.116. The van der Waals surface area contributed by atoms with Crippen LogP contribution in [0.4, 0.5) is 0 Å². The second-order valence-electron chi connectivity index (χ2n) is 8.36. The maximum Gasteiger partial charge on any atom is 0.161 e. The van der Waals surface area contributed by atoms with Crippen molar-refractivity contribution < 1.29 is 4.79 Å². The van der Waals surface area contributed by atoms with E-state index in [0.717, 1.165) is 35.4 Å². The predicted molar refractivity (Wildman–Crippen MR) is 115 cm³/mol. The van der Waals surface area contributed by atoms with Crippen LogP contribution in [0, 0.1) is 0 Å². The molecule has 2 aromatic carbocycles. The molecule has 0 saturated carbocycles. The fraction of sp³-hybridized carbons (Fsp3) is 0.269. The number of fused-ring (bicyclic) bond motifs is 2. The number of rotatable bonds is 2. The summed E-state index contributed by atoms with van der Waals surface area (Å²) in [5.41, 5.74) is 10.3. The van der Waals surface area contributed by atoms with Crippen molar-refractivity contribution in [2.75, 3.05) is 0 Å². The van der Waals surface area contributed by atoms with Crippen LogP contribution in [0.1, 0.15) is 67.2 Å². The largest absolute Gasteiger partial charge is 0.358 e. The minimum absolute atomic E-state index is 0.0276. The average Bonchev–Trinajstić information content (AvgIpc) is 2.99. The highest BCUT2D eigenvalue weighted by atomic mass is 16.1. The van der Waals surface area contributed by atoms with E-state index >= 15 is 0 Å². The van der Waals surface area contributed by atoms with Gasteiger partial charge < -0.3 is 5.32 Å². The lowest BCUT2D eigenvalue weighted by Gasteiger charge is -2.34. The molecule has 1 heterocycles. The van der Waals surface area contributed by atoms with Gasteiger partial charge in [0, 0.05) is 29.2 Å². The van der Waals surface area contributed by atoms with Crippen LogP contribution in [-0.4, -0.2) is 5.78 Å². The van der Waals surface area contributed by atoms with E-state index in [0.29, 0.717) is 12.3 Å². The normalized spacial score (nSPS) is 20.9. The van der Waals surface area contributed by atoms with E-state index in [1.165, 1.54) is 27.8 Å². The van der Waals surface area contributed by atoms with Crippen LogP contribution in [0.3, 0.4) is 0 Å². The number of allylic oxidation sites excluding steroid dienone is 4. The molecular formula is C26H25NO. The first-order valence-electron chi connectivity index (χ1n) is 10.2. The number of nitrogens with one attached hydrogen (secondary N) is 1. The van der Waals surface area contributed by atoms with E-state index in [2.05, 4.69) is 74.3 Å². The number of hydrogen-bond acceptors (Lipinski definition) is 2. The molecule has 1 atom stereocenters. The fourth-order valence-corrected chi connectivity index (χ4v) is 4.89. The molecule has 1 aliphatic heterocycles. The minimum atomic E-state index is -0.0276. The maximum atomic E-state index is 13.0. The second-order valence-corrected chi connectivity index (χ2v) is 8.36. The Morgan fingerprint density at radius 1 is 0.964 bits per heavy atom. The topological polar surface area (TPSA) is 29.1 Å². The monoisotopic (exact) mass is 367 g/mol. The zero-order chi connectivity index (χ0) is 19.4. The van der Waals surface area contributed by atoms with Crippen LogP contribution in [0.15, 0.2) is 72.0 Å². The predicted octanol–water partition coefficient (Wildman–Crippen LogP) is 5.94. The van der Waals surface area contributed by atoms with Crippen molar-refractivity contribution in [1.82, 2.24) is 5.32 Å². The third kappa shape index (κ3) is 2.44. The van der Waals surface area contributed by atoms with E-state index in [-0.39, 0.29) is 11.7 Å². The Hall–Kier alpha value is -2.87. The molecule has 5 rings (SSSR count). The van der Waals surface area contributed by atoms with Crippen molar-refractivity contribution in [1.29, 1.82) is 0 Å². The molecule has 2 aliphatic carbocycles. The van der Waals surface area contributed by atoms with Gasteiger partial charge in [-0.2, -0.15) is 0 Å². The summed E-state index contributed by atoms with van der Waals surface area (Å²) in [5.74, 6) is 0.746. The molecule has 0 aromatic heterocycles. The quantitative estimate of drug-likeness (QED) is 0.711. The number of Topliss-reactive ketones (excluding diaryl/α,β-unsaturated/α-hetero) is 1. The Morgan fingerprint density at radius 3 is 2.39 bits per heavy atom. The van der Waals surface area contributed by atoms with Crippen molar-refractivity contribution in [2.24, 2.45) is 0 Å². The van der Waals surface area contributed by atoms with Gasteiger partial charge >= 0.3 is 0 Å². The number of dihydropyridines is 1. The van der Waals surface area contributed by atoms with E-state index in [1.54, 1.807) is 0 Å². The highest BCUT2D eigenvalue weighted by Crippen LogP contribution is 2.52. The molecule has 2 heteroatoms. The first-order valence-corrected chi connectivity index (χ1v) is 10.2. The van der Waals surface area contributed by atoms with Gasteiger partial charge in [0.2, 0.25) is 0 Å². The van der Waals surface area contributed by atoms with Crippen molar-refractivity contribution in [2.45, 2.75) is 44.9 Å². The van der Waals surface area contributed by atoms with Crippen LogP contribution in [-0.2, 0) is 4.79 Å². The summed E-state index contributed by atoms with van der Waals surface area (Å²) < 4.78 is 0. The number of ketones is 1. The summed E-state index contributed by atoms with van der Waals surface area (Å²) in [7, 11) is 0. The molecule has 0 saturated heterocycles. The number of hydrogen-bond donors (Lipinski definition) is 1. The Labute approximate surface area is 166 Å². The van der Waals surface area contributed by atoms with Crippen LogP contribution in [0.25, 0.3) is 11.3 Å². The Balaban J connectivity index is 1.70. The van der Waals surface area contributed by atoms with Crippen LogP contribution < -0.4 is 5.32 Å². The Kier molecular flexibility index (Phi) is 3.90. The van der Waals surface area contributed by atoms with E-state index in [9.17, 15) is 4.79 Å². The molecule has 0 radical (unpaired) electrons. The van der Waals surface area contributed by atoms with E-state index in [4.69, 9.17) is 0 Å². The van der Waals surface area contributed by atoms with E-state index in [1.807, 2.05) is 0 Å². The summed E-state index contributed by atoms with van der Waals surface area (Å²) in [6, 6.07) is 17.3. The van der Waals surface area contributed by atoms with Crippen molar-refractivity contribution in [3.8, 4) is 0 Å². The molecule has 0 bridgehead atoms. The summed E-state index contributed by atoms with van der Waals surface area (Å²) in [6.45, 7) is 8.85. The first kappa shape index (κ1) is 17.2. The Bertz CT molecular complexity index is 1070. The van der Waals surface area contributed by atoms with Crippen molar-refractivity contribution in [3.63, 3.8) is 0 Å². The first-order chi connectivity index (χ1) is 13.6. The summed E-state index contributed by atoms with van der Waals surface area (Å²) in [4.78, 5) is 13.0. The van der Waals surface area contributed by atoms with E-state index < -0.39 is 0 Å². The van der Waals surface area contributed by atoms with Gasteiger partial charge in [-0.25, -0.2) is 0 Å². The highest BCUT2D eigenvalue weighted by molar-refractivity contribution is 6.07. The van der Waals surface area contributed by atoms with Crippen molar-refractivity contribution in [3.05, 3.63) is 94.2 Å². The molecule has 1 N–H and O–H groups in total. The van der Waals surface area contributed by atoms with Gasteiger partial charge in [0.1, 0.15) is 0 Å². The number of carbonyl (C=O) groups is 1. The molecule has 0 spiro atoms. The van der Waals surface area contributed by atoms with Crippen molar-refractivity contribution >= 4 is 17.1 Å². The van der Waals surface area contributed by atoms with Crippen LogP contribution in [0.2, 0.25) is 0 Å². The zero-order valence-electron chi connectivity index (χ0n) is 16.5. The maximum absolute atomic E-state index is 13.0. The molecule has 2 nitrogen and oxygen atoms in total. The molecule has 0 amide bonds. The highest BCUT2D eigenvalue weighted by Gasteiger charge is 2.41. The standard InChI is InChI=1S/C26H25NO/c1-15(2)17-11-13-18(14-12-17)24-23-16(3)19-7-4-5-8-20(19)26(23)27-21-9-6-10-22(28)25(21)24/h4-5,7-8,11-15,24,27H,3,6,9-10H2,1-2H3. The molecule has 2 aromatic rings. The summed E-state index contributed by atoms with van der Waals surface area (Å²) in [6.07, 6.45) is 2.51. The van der Waals surface area contributed by atoms with Crippen LogP contribution >= 0.6 is 0 Å². The number of carbonyl (C=O) groups excluding carboxylic acids is 1. The van der Waals surface area contributed by atoms with Crippen LogP contribution in [0.5, 0.6) is 0 Å². The molecule has 28 heavy (non-hydrogen) atoms. The smallest absolute Gasteiger partial charge is 0.161 e. The lowest BCUT2D eigenvalue weighted by atomic mass is 9.74. The number of benzene rings is 2. The molecule has 140 valence electrons. The van der Waals surface area contributed by atoms with Gasteiger partial charge in [-0.15, -0.1) is 0 Å². The average molecular weight is 367 g/mol. The third-order valence-electron chi connectivity index (χ3n) is 6.36. The molecule has 3 aliphatic rings. The van der Waals surface area contributed by atoms with Gasteiger partial charge in [-0.1, -0.05) is 69.0 Å². The molecule has 0 fully saturated rings. The Morgan fingerprint density at radius 2 is 1.68 bits per heavy atom. The fourth-order valence-electron chi connectivity index (χ4n) is 4.89. The molecular weight excluding hydrogens is 342 g/mol. The van der Waals surface area contributed by atoms with Gasteiger partial charge in [0.15, 0.2) is 5.78 Å².